The van der Waals surface area contributed by atoms with Gasteiger partial charge in [-0.25, -0.2) is 0 Å². The van der Waals surface area contributed by atoms with E-state index in [1.165, 1.54) is 0 Å². The van der Waals surface area contributed by atoms with Crippen molar-refractivity contribution in [1.29, 1.82) is 0 Å². The van der Waals surface area contributed by atoms with Gasteiger partial charge < -0.3 is 20.3 Å². The molecule has 1 fully saturated rings. The molecule has 0 bridgehead atoms. The largest absolute Gasteiger partial charge is 0.497 e. The van der Waals surface area contributed by atoms with Gasteiger partial charge in [0.05, 0.1) is 38.1 Å². The van der Waals surface area contributed by atoms with Gasteiger partial charge in [0.25, 0.3) is 0 Å². The van der Waals surface area contributed by atoms with Crippen molar-refractivity contribution in [3.63, 3.8) is 0 Å². The highest BCUT2D eigenvalue weighted by atomic mass is 16.5. The van der Waals surface area contributed by atoms with Crippen LogP contribution in [0.2, 0.25) is 0 Å². The first-order chi connectivity index (χ1) is 10.2. The first-order valence-corrected chi connectivity index (χ1v) is 6.81. The predicted octanol–water partition coefficient (Wildman–Crippen LogP) is -0.353. The summed E-state index contributed by atoms with van der Waals surface area (Å²) in [6.45, 7) is 0.854. The van der Waals surface area contributed by atoms with Crippen molar-refractivity contribution in [3.05, 3.63) is 30.5 Å². The number of aromatic nitrogens is 3. The minimum absolute atomic E-state index is 0.217. The summed E-state index contributed by atoms with van der Waals surface area (Å²) >= 11 is 0. The minimum Gasteiger partial charge on any atom is -0.497 e. The second kappa shape index (κ2) is 5.80. The SMILES string of the molecule is COc1ccc(-c2cn(C[C@H]3NC[C@@H](O)[C@H]3O)nn2)cc1. The zero-order chi connectivity index (χ0) is 14.8. The predicted molar refractivity (Wildman–Crippen MR) is 75.8 cm³/mol. The molecule has 3 atom stereocenters. The third kappa shape index (κ3) is 2.90. The third-order valence-electron chi connectivity index (χ3n) is 3.70. The molecule has 0 unspecified atom stereocenters. The molecule has 0 spiro atoms. The van der Waals surface area contributed by atoms with Gasteiger partial charge in [-0.1, -0.05) is 5.21 Å². The molecule has 7 nitrogen and oxygen atoms in total. The van der Waals surface area contributed by atoms with Crippen molar-refractivity contribution in [3.8, 4) is 17.0 Å². The number of aliphatic hydroxyl groups excluding tert-OH is 2. The van der Waals surface area contributed by atoms with Gasteiger partial charge in [0.2, 0.25) is 0 Å². The van der Waals surface area contributed by atoms with E-state index in [1.54, 1.807) is 11.8 Å². The zero-order valence-electron chi connectivity index (χ0n) is 11.7. The molecule has 1 aromatic carbocycles. The van der Waals surface area contributed by atoms with Crippen LogP contribution in [0.4, 0.5) is 0 Å². The fourth-order valence-electron chi connectivity index (χ4n) is 2.44. The van der Waals surface area contributed by atoms with Gasteiger partial charge >= 0.3 is 0 Å². The van der Waals surface area contributed by atoms with E-state index in [0.29, 0.717) is 13.1 Å². The standard InChI is InChI=1S/C14H18N4O3/c1-21-10-4-2-9(3-5-10)11-7-18(17-16-11)8-12-14(20)13(19)6-15-12/h2-5,7,12-15,19-20H,6,8H2,1H3/t12-,13-,14+/m1/s1. The average molecular weight is 290 g/mol. The second-order valence-corrected chi connectivity index (χ2v) is 5.13. The first-order valence-electron chi connectivity index (χ1n) is 6.81. The first kappa shape index (κ1) is 14.0. The van der Waals surface area contributed by atoms with Crippen molar-refractivity contribution >= 4 is 0 Å². The molecule has 1 aliphatic rings. The average Bonchev–Trinajstić information content (AvgIpc) is 3.10. The molecule has 2 heterocycles. The minimum atomic E-state index is -0.779. The Balaban J connectivity index is 1.71. The Bertz CT molecular complexity index is 599. The molecule has 1 saturated heterocycles. The van der Waals surface area contributed by atoms with Crippen molar-refractivity contribution in [2.45, 2.75) is 24.8 Å². The lowest BCUT2D eigenvalue weighted by molar-refractivity contribution is 0.0372. The molecular formula is C14H18N4O3. The fraction of sp³-hybridized carbons (Fsp3) is 0.429. The summed E-state index contributed by atoms with van der Waals surface area (Å²) in [4.78, 5) is 0. The van der Waals surface area contributed by atoms with E-state index >= 15 is 0 Å². The summed E-state index contributed by atoms with van der Waals surface area (Å²) in [5.74, 6) is 0.790. The molecule has 1 aliphatic heterocycles. The van der Waals surface area contributed by atoms with Crippen LogP contribution in [0.1, 0.15) is 0 Å². The molecule has 0 saturated carbocycles. The van der Waals surface area contributed by atoms with Crippen molar-refractivity contribution in [2.24, 2.45) is 0 Å². The summed E-state index contributed by atoms with van der Waals surface area (Å²) < 4.78 is 6.78. The Morgan fingerprint density at radius 1 is 1.33 bits per heavy atom. The number of methoxy groups -OCH3 is 1. The Kier molecular flexibility index (Phi) is 3.87. The van der Waals surface area contributed by atoms with E-state index in [9.17, 15) is 10.2 Å². The summed E-state index contributed by atoms with van der Waals surface area (Å²) in [6, 6.07) is 7.35. The fourth-order valence-corrected chi connectivity index (χ4v) is 2.44. The summed E-state index contributed by atoms with van der Waals surface area (Å²) in [5.41, 5.74) is 1.70. The number of nitrogens with zero attached hydrogens (tertiary/aromatic N) is 3. The van der Waals surface area contributed by atoms with E-state index in [0.717, 1.165) is 17.0 Å². The van der Waals surface area contributed by atoms with E-state index < -0.39 is 12.2 Å². The van der Waals surface area contributed by atoms with E-state index in [2.05, 4.69) is 15.6 Å². The lowest BCUT2D eigenvalue weighted by atomic mass is 10.1. The van der Waals surface area contributed by atoms with Crippen molar-refractivity contribution in [2.75, 3.05) is 13.7 Å². The van der Waals surface area contributed by atoms with Gasteiger partial charge in [-0.15, -0.1) is 5.10 Å². The quantitative estimate of drug-likeness (QED) is 0.712. The maximum absolute atomic E-state index is 9.81. The van der Waals surface area contributed by atoms with Gasteiger partial charge in [0, 0.05) is 12.1 Å². The summed E-state index contributed by atoms with van der Waals surface area (Å²) in [7, 11) is 1.62. The number of hydrogen-bond acceptors (Lipinski definition) is 6. The molecule has 1 aromatic heterocycles. The molecular weight excluding hydrogens is 272 g/mol. The third-order valence-corrected chi connectivity index (χ3v) is 3.70. The number of rotatable bonds is 4. The van der Waals surface area contributed by atoms with E-state index in [4.69, 9.17) is 4.74 Å². The number of aliphatic hydroxyl groups is 2. The molecule has 2 aromatic rings. The Morgan fingerprint density at radius 3 is 2.71 bits per heavy atom. The van der Waals surface area contributed by atoms with Crippen LogP contribution < -0.4 is 10.1 Å². The topological polar surface area (TPSA) is 92.4 Å². The van der Waals surface area contributed by atoms with Crippen molar-refractivity contribution in [1.82, 2.24) is 20.3 Å². The smallest absolute Gasteiger partial charge is 0.118 e. The molecule has 3 N–H and O–H groups in total. The summed E-state index contributed by atoms with van der Waals surface area (Å²) in [6.07, 6.45) is 0.319. The van der Waals surface area contributed by atoms with Crippen LogP contribution in [0.5, 0.6) is 5.75 Å². The highest BCUT2D eigenvalue weighted by molar-refractivity contribution is 5.58. The van der Waals surface area contributed by atoms with Gasteiger partial charge in [-0.2, -0.15) is 0 Å². The normalized spacial score (nSPS) is 25.2. The van der Waals surface area contributed by atoms with Crippen molar-refractivity contribution < 1.29 is 14.9 Å². The molecule has 3 rings (SSSR count). The van der Waals surface area contributed by atoms with Gasteiger partial charge in [0.1, 0.15) is 11.4 Å². The molecule has 7 heteroatoms. The van der Waals surface area contributed by atoms with E-state index in [-0.39, 0.29) is 6.04 Å². The summed E-state index contributed by atoms with van der Waals surface area (Å²) in [5, 5.41) is 30.6. The second-order valence-electron chi connectivity index (χ2n) is 5.13. The molecule has 0 radical (unpaired) electrons. The molecule has 21 heavy (non-hydrogen) atoms. The van der Waals surface area contributed by atoms with Crippen LogP contribution in [0, 0.1) is 0 Å². The Labute approximate surface area is 122 Å². The number of ether oxygens (including phenoxy) is 1. The molecule has 112 valence electrons. The Morgan fingerprint density at radius 2 is 2.10 bits per heavy atom. The lowest BCUT2D eigenvalue weighted by Crippen LogP contribution is -2.36. The van der Waals surface area contributed by atoms with Gasteiger partial charge in [-0.3, -0.25) is 4.68 Å². The maximum atomic E-state index is 9.81. The number of hydrogen-bond donors (Lipinski definition) is 3. The monoisotopic (exact) mass is 290 g/mol. The molecule has 0 aliphatic carbocycles. The zero-order valence-corrected chi connectivity index (χ0v) is 11.7. The van der Waals surface area contributed by atoms with Crippen LogP contribution in [-0.4, -0.2) is 57.1 Å². The highest BCUT2D eigenvalue weighted by Gasteiger charge is 2.33. The number of nitrogens with one attached hydrogen (secondary N) is 1. The van der Waals surface area contributed by atoms with Crippen LogP contribution >= 0.6 is 0 Å². The number of β-amino-alcohol motifs (C(OH)–C–C–N with tert-alkyl or cyclic N) is 1. The maximum Gasteiger partial charge on any atom is 0.118 e. The van der Waals surface area contributed by atoms with Gasteiger partial charge in [-0.05, 0) is 24.3 Å². The number of benzene rings is 1. The van der Waals surface area contributed by atoms with Crippen LogP contribution in [-0.2, 0) is 6.54 Å². The van der Waals surface area contributed by atoms with Crippen LogP contribution in [0.3, 0.4) is 0 Å². The van der Waals surface area contributed by atoms with Crippen LogP contribution in [0.25, 0.3) is 11.3 Å². The van der Waals surface area contributed by atoms with Crippen LogP contribution in [0.15, 0.2) is 30.5 Å². The highest BCUT2D eigenvalue weighted by Crippen LogP contribution is 2.20. The molecule has 0 amide bonds. The Hall–Kier alpha value is -1.96. The lowest BCUT2D eigenvalue weighted by Gasteiger charge is -2.15. The van der Waals surface area contributed by atoms with Gasteiger partial charge in [0.15, 0.2) is 0 Å². The van der Waals surface area contributed by atoms with E-state index in [1.807, 2.05) is 30.5 Å².